The standard InChI is InChI=1S/C14H20N4O/c1-2-3-4-7-10-19-13-11-8-5-6-9-12(11)16-14(17-13)18-15/h5-6,8-9H,2-4,7,10,15H2,1H3,(H,16,17,18). The van der Waals surface area contributed by atoms with Gasteiger partial charge in [0.25, 0.3) is 0 Å². The van der Waals surface area contributed by atoms with Crippen LogP contribution in [0.3, 0.4) is 0 Å². The zero-order valence-electron chi connectivity index (χ0n) is 11.2. The van der Waals surface area contributed by atoms with Crippen molar-refractivity contribution >= 4 is 16.9 Å². The molecule has 2 aromatic rings. The molecule has 5 nitrogen and oxygen atoms in total. The van der Waals surface area contributed by atoms with Crippen molar-refractivity contribution in [2.24, 2.45) is 5.84 Å². The van der Waals surface area contributed by atoms with Crippen LogP contribution in [0.5, 0.6) is 5.88 Å². The van der Waals surface area contributed by atoms with E-state index in [4.69, 9.17) is 10.6 Å². The molecular weight excluding hydrogens is 240 g/mol. The average Bonchev–Trinajstić information content (AvgIpc) is 2.46. The Balaban J connectivity index is 2.11. The number of rotatable bonds is 7. The number of aromatic nitrogens is 2. The summed E-state index contributed by atoms with van der Waals surface area (Å²) in [6.07, 6.45) is 4.68. The van der Waals surface area contributed by atoms with Crippen LogP contribution >= 0.6 is 0 Å². The number of hydrogen-bond acceptors (Lipinski definition) is 5. The van der Waals surface area contributed by atoms with Gasteiger partial charge in [0.2, 0.25) is 11.8 Å². The van der Waals surface area contributed by atoms with E-state index in [0.29, 0.717) is 18.4 Å². The minimum Gasteiger partial charge on any atom is -0.477 e. The molecule has 0 bridgehead atoms. The number of fused-ring (bicyclic) bond motifs is 1. The van der Waals surface area contributed by atoms with Crippen LogP contribution in [-0.2, 0) is 0 Å². The highest BCUT2D eigenvalue weighted by molar-refractivity contribution is 5.84. The summed E-state index contributed by atoms with van der Waals surface area (Å²) in [5.74, 6) is 6.34. The van der Waals surface area contributed by atoms with Crippen LogP contribution in [0.1, 0.15) is 32.6 Å². The maximum absolute atomic E-state index is 5.76. The third-order valence-corrected chi connectivity index (χ3v) is 2.93. The summed E-state index contributed by atoms with van der Waals surface area (Å²) in [6.45, 7) is 2.86. The molecule has 0 aliphatic carbocycles. The minimum atomic E-state index is 0.377. The van der Waals surface area contributed by atoms with Crippen molar-refractivity contribution in [1.82, 2.24) is 9.97 Å². The van der Waals surface area contributed by atoms with Crippen molar-refractivity contribution in [1.29, 1.82) is 0 Å². The molecule has 1 aromatic heterocycles. The molecule has 1 aromatic carbocycles. The number of hydrogen-bond donors (Lipinski definition) is 2. The van der Waals surface area contributed by atoms with Gasteiger partial charge in [-0.2, -0.15) is 4.98 Å². The summed E-state index contributed by atoms with van der Waals surface area (Å²) in [6, 6.07) is 7.75. The molecule has 5 heteroatoms. The lowest BCUT2D eigenvalue weighted by Gasteiger charge is -2.09. The summed E-state index contributed by atoms with van der Waals surface area (Å²) in [4.78, 5) is 8.55. The van der Waals surface area contributed by atoms with E-state index in [1.54, 1.807) is 0 Å². The first-order valence-electron chi connectivity index (χ1n) is 6.71. The van der Waals surface area contributed by atoms with Crippen LogP contribution in [0.25, 0.3) is 10.9 Å². The van der Waals surface area contributed by atoms with E-state index in [-0.39, 0.29) is 0 Å². The molecule has 0 atom stereocenters. The Morgan fingerprint density at radius 3 is 2.79 bits per heavy atom. The summed E-state index contributed by atoms with van der Waals surface area (Å²) in [5, 5.41) is 0.914. The lowest BCUT2D eigenvalue weighted by molar-refractivity contribution is 0.297. The minimum absolute atomic E-state index is 0.377. The number of nitrogen functional groups attached to an aromatic ring is 1. The van der Waals surface area contributed by atoms with Crippen LogP contribution in [0.2, 0.25) is 0 Å². The number of nitrogens with one attached hydrogen (secondary N) is 1. The van der Waals surface area contributed by atoms with Gasteiger partial charge in [-0.05, 0) is 18.6 Å². The van der Waals surface area contributed by atoms with Gasteiger partial charge in [-0.3, -0.25) is 5.43 Å². The van der Waals surface area contributed by atoms with Crippen molar-refractivity contribution in [2.75, 3.05) is 12.0 Å². The van der Waals surface area contributed by atoms with Gasteiger partial charge in [0.05, 0.1) is 17.5 Å². The Kier molecular flexibility index (Phi) is 4.92. The lowest BCUT2D eigenvalue weighted by Crippen LogP contribution is -2.11. The number of benzene rings is 1. The maximum Gasteiger partial charge on any atom is 0.241 e. The molecule has 1 heterocycles. The van der Waals surface area contributed by atoms with Crippen molar-refractivity contribution in [3.05, 3.63) is 24.3 Å². The Morgan fingerprint density at radius 1 is 1.16 bits per heavy atom. The summed E-state index contributed by atoms with van der Waals surface area (Å²) in [5.41, 5.74) is 3.30. The van der Waals surface area contributed by atoms with E-state index in [1.807, 2.05) is 24.3 Å². The zero-order chi connectivity index (χ0) is 13.5. The molecule has 0 aliphatic rings. The average molecular weight is 260 g/mol. The van der Waals surface area contributed by atoms with Gasteiger partial charge < -0.3 is 4.74 Å². The first-order valence-corrected chi connectivity index (χ1v) is 6.71. The summed E-state index contributed by atoms with van der Waals surface area (Å²) >= 11 is 0. The Labute approximate surface area is 113 Å². The number of para-hydroxylation sites is 1. The van der Waals surface area contributed by atoms with Gasteiger partial charge in [-0.15, -0.1) is 0 Å². The van der Waals surface area contributed by atoms with Gasteiger partial charge in [0.15, 0.2) is 0 Å². The quantitative estimate of drug-likeness (QED) is 0.455. The fourth-order valence-corrected chi connectivity index (χ4v) is 1.92. The predicted molar refractivity (Wildman–Crippen MR) is 77.0 cm³/mol. The second-order valence-electron chi connectivity index (χ2n) is 4.42. The number of nitrogens with zero attached hydrogens (tertiary/aromatic N) is 2. The molecule has 0 amide bonds. The van der Waals surface area contributed by atoms with E-state index in [0.717, 1.165) is 17.3 Å². The number of nitrogens with two attached hydrogens (primary N) is 1. The molecule has 102 valence electrons. The molecule has 0 unspecified atom stereocenters. The molecule has 0 saturated heterocycles. The molecular formula is C14H20N4O. The van der Waals surface area contributed by atoms with E-state index in [9.17, 15) is 0 Å². The third-order valence-electron chi connectivity index (χ3n) is 2.93. The number of hydrazine groups is 1. The van der Waals surface area contributed by atoms with Gasteiger partial charge in [-0.1, -0.05) is 38.3 Å². The first kappa shape index (κ1) is 13.5. The highest BCUT2D eigenvalue weighted by atomic mass is 16.5. The van der Waals surface area contributed by atoms with Gasteiger partial charge in [-0.25, -0.2) is 10.8 Å². The Hall–Kier alpha value is -1.88. The molecule has 0 saturated carbocycles. The van der Waals surface area contributed by atoms with Crippen molar-refractivity contribution in [3.63, 3.8) is 0 Å². The normalized spacial score (nSPS) is 10.6. The number of unbranched alkanes of at least 4 members (excludes halogenated alkanes) is 3. The lowest BCUT2D eigenvalue weighted by atomic mass is 10.2. The monoisotopic (exact) mass is 260 g/mol. The van der Waals surface area contributed by atoms with Crippen molar-refractivity contribution < 1.29 is 4.74 Å². The third kappa shape index (κ3) is 3.54. The highest BCUT2D eigenvalue weighted by Gasteiger charge is 2.07. The predicted octanol–water partition coefficient (Wildman–Crippen LogP) is 2.87. The van der Waals surface area contributed by atoms with E-state index in [1.165, 1.54) is 19.3 Å². The smallest absolute Gasteiger partial charge is 0.241 e. The van der Waals surface area contributed by atoms with Gasteiger partial charge >= 0.3 is 0 Å². The van der Waals surface area contributed by atoms with Gasteiger partial charge in [0, 0.05) is 0 Å². The zero-order valence-corrected chi connectivity index (χ0v) is 11.2. The largest absolute Gasteiger partial charge is 0.477 e. The van der Waals surface area contributed by atoms with Crippen LogP contribution < -0.4 is 16.0 Å². The maximum atomic E-state index is 5.76. The molecule has 19 heavy (non-hydrogen) atoms. The summed E-state index contributed by atoms with van der Waals surface area (Å²) < 4.78 is 5.76. The highest BCUT2D eigenvalue weighted by Crippen LogP contribution is 2.23. The van der Waals surface area contributed by atoms with E-state index >= 15 is 0 Å². The summed E-state index contributed by atoms with van der Waals surface area (Å²) in [7, 11) is 0. The van der Waals surface area contributed by atoms with E-state index < -0.39 is 0 Å². The fraction of sp³-hybridized carbons (Fsp3) is 0.429. The first-order chi connectivity index (χ1) is 9.35. The number of anilines is 1. The second-order valence-corrected chi connectivity index (χ2v) is 4.42. The number of ether oxygens (including phenoxy) is 1. The Bertz CT molecular complexity index is 530. The molecule has 0 fully saturated rings. The molecule has 0 spiro atoms. The molecule has 0 aliphatic heterocycles. The van der Waals surface area contributed by atoms with Crippen LogP contribution in [0.4, 0.5) is 5.95 Å². The van der Waals surface area contributed by atoms with Crippen LogP contribution in [0, 0.1) is 0 Å². The fourth-order valence-electron chi connectivity index (χ4n) is 1.92. The molecule has 0 radical (unpaired) electrons. The molecule has 3 N–H and O–H groups in total. The topological polar surface area (TPSA) is 73.1 Å². The van der Waals surface area contributed by atoms with Crippen molar-refractivity contribution in [2.45, 2.75) is 32.6 Å². The van der Waals surface area contributed by atoms with Crippen LogP contribution in [-0.4, -0.2) is 16.6 Å². The second kappa shape index (κ2) is 6.89. The molecule has 2 rings (SSSR count). The van der Waals surface area contributed by atoms with Crippen molar-refractivity contribution in [3.8, 4) is 5.88 Å². The SMILES string of the molecule is CCCCCCOc1nc(NN)nc2ccccc12. The van der Waals surface area contributed by atoms with E-state index in [2.05, 4.69) is 22.3 Å². The van der Waals surface area contributed by atoms with Crippen LogP contribution in [0.15, 0.2) is 24.3 Å². The Morgan fingerprint density at radius 2 is 2.00 bits per heavy atom. The van der Waals surface area contributed by atoms with Gasteiger partial charge in [0.1, 0.15) is 0 Å².